The second-order valence-corrected chi connectivity index (χ2v) is 3.54. The molecule has 0 aliphatic rings. The van der Waals surface area contributed by atoms with Crippen molar-refractivity contribution in [1.82, 2.24) is 5.43 Å². The summed E-state index contributed by atoms with van der Waals surface area (Å²) >= 11 is 0. The Bertz CT molecular complexity index is 380. The second kappa shape index (κ2) is 6.75. The lowest BCUT2D eigenvalue weighted by Crippen LogP contribution is -2.29. The summed E-state index contributed by atoms with van der Waals surface area (Å²) in [4.78, 5) is 11.3. The van der Waals surface area contributed by atoms with E-state index in [0.29, 0.717) is 23.7 Å². The first-order chi connectivity index (χ1) is 8.22. The van der Waals surface area contributed by atoms with Crippen molar-refractivity contribution in [3.8, 4) is 11.5 Å². The number of hydrogen-bond acceptors (Lipinski definition) is 4. The third-order valence-corrected chi connectivity index (χ3v) is 2.31. The monoisotopic (exact) mass is 238 g/mol. The summed E-state index contributed by atoms with van der Waals surface area (Å²) in [6.45, 7) is 2.73. The number of carbonyl (C=O) groups is 1. The third kappa shape index (κ3) is 3.64. The van der Waals surface area contributed by atoms with E-state index in [1.165, 1.54) is 7.11 Å². The number of rotatable bonds is 6. The van der Waals surface area contributed by atoms with Crippen LogP contribution >= 0.6 is 0 Å². The van der Waals surface area contributed by atoms with E-state index in [1.54, 1.807) is 18.2 Å². The lowest BCUT2D eigenvalue weighted by atomic mass is 10.2. The average molecular weight is 238 g/mol. The van der Waals surface area contributed by atoms with Crippen LogP contribution in [-0.4, -0.2) is 19.6 Å². The molecule has 0 saturated heterocycles. The molecule has 1 aromatic rings. The van der Waals surface area contributed by atoms with E-state index in [1.807, 2.05) is 0 Å². The fourth-order valence-corrected chi connectivity index (χ4v) is 1.34. The second-order valence-electron chi connectivity index (χ2n) is 3.54. The van der Waals surface area contributed by atoms with Crippen LogP contribution in [-0.2, 0) is 0 Å². The number of benzene rings is 1. The lowest BCUT2D eigenvalue weighted by Gasteiger charge is -2.11. The molecule has 0 spiro atoms. The molecule has 0 fully saturated rings. The van der Waals surface area contributed by atoms with Gasteiger partial charge in [0.1, 0.15) is 0 Å². The Morgan fingerprint density at radius 3 is 2.76 bits per heavy atom. The van der Waals surface area contributed by atoms with Crippen LogP contribution in [0.15, 0.2) is 18.2 Å². The molecule has 5 heteroatoms. The number of nitrogens with one attached hydrogen (secondary N) is 1. The molecule has 1 aromatic carbocycles. The van der Waals surface area contributed by atoms with Crippen molar-refractivity contribution in [2.45, 2.75) is 19.8 Å². The first kappa shape index (κ1) is 13.3. The smallest absolute Gasteiger partial charge is 0.265 e. The van der Waals surface area contributed by atoms with Gasteiger partial charge in [-0.2, -0.15) is 0 Å². The van der Waals surface area contributed by atoms with Crippen LogP contribution in [0.3, 0.4) is 0 Å². The van der Waals surface area contributed by atoms with Crippen molar-refractivity contribution < 1.29 is 14.3 Å². The minimum Gasteiger partial charge on any atom is -0.493 e. The van der Waals surface area contributed by atoms with Crippen LogP contribution in [0, 0.1) is 0 Å². The summed E-state index contributed by atoms with van der Waals surface area (Å²) < 4.78 is 10.7. The SMILES string of the molecule is CCCCOc1ccc(C(=O)NN)cc1OC. The van der Waals surface area contributed by atoms with Gasteiger partial charge in [0.15, 0.2) is 11.5 Å². The molecule has 0 heterocycles. The van der Waals surface area contributed by atoms with Gasteiger partial charge in [0.25, 0.3) is 5.91 Å². The first-order valence-electron chi connectivity index (χ1n) is 5.54. The van der Waals surface area contributed by atoms with Gasteiger partial charge in [0.2, 0.25) is 0 Å². The zero-order valence-corrected chi connectivity index (χ0v) is 10.2. The van der Waals surface area contributed by atoms with Gasteiger partial charge in [-0.05, 0) is 24.6 Å². The van der Waals surface area contributed by atoms with Crippen molar-refractivity contribution in [2.75, 3.05) is 13.7 Å². The zero-order chi connectivity index (χ0) is 12.7. The van der Waals surface area contributed by atoms with E-state index in [4.69, 9.17) is 15.3 Å². The fraction of sp³-hybridized carbons (Fsp3) is 0.417. The maximum Gasteiger partial charge on any atom is 0.265 e. The van der Waals surface area contributed by atoms with Gasteiger partial charge >= 0.3 is 0 Å². The number of ether oxygens (including phenoxy) is 2. The Labute approximate surface area is 101 Å². The minimum absolute atomic E-state index is 0.358. The average Bonchev–Trinajstić information content (AvgIpc) is 2.38. The Hall–Kier alpha value is -1.75. The third-order valence-electron chi connectivity index (χ3n) is 2.31. The maximum atomic E-state index is 11.3. The van der Waals surface area contributed by atoms with Crippen molar-refractivity contribution >= 4 is 5.91 Å². The lowest BCUT2D eigenvalue weighted by molar-refractivity contribution is 0.0953. The molecule has 3 N–H and O–H groups in total. The zero-order valence-electron chi connectivity index (χ0n) is 10.2. The maximum absolute atomic E-state index is 11.3. The molecule has 0 atom stereocenters. The summed E-state index contributed by atoms with van der Waals surface area (Å²) in [5.41, 5.74) is 2.51. The molecule has 0 unspecified atom stereocenters. The van der Waals surface area contributed by atoms with Crippen LogP contribution in [0.5, 0.6) is 11.5 Å². The summed E-state index contributed by atoms with van der Waals surface area (Å²) in [6.07, 6.45) is 2.05. The minimum atomic E-state index is -0.358. The fourth-order valence-electron chi connectivity index (χ4n) is 1.34. The number of methoxy groups -OCH3 is 1. The van der Waals surface area contributed by atoms with Crippen molar-refractivity contribution in [3.63, 3.8) is 0 Å². The molecule has 0 aliphatic carbocycles. The first-order valence-corrected chi connectivity index (χ1v) is 5.54. The molecule has 5 nitrogen and oxygen atoms in total. The van der Waals surface area contributed by atoms with Crippen LogP contribution in [0.4, 0.5) is 0 Å². The van der Waals surface area contributed by atoms with Gasteiger partial charge in [-0.1, -0.05) is 13.3 Å². The van der Waals surface area contributed by atoms with Gasteiger partial charge < -0.3 is 9.47 Å². The van der Waals surface area contributed by atoms with Gasteiger partial charge in [0.05, 0.1) is 13.7 Å². The van der Waals surface area contributed by atoms with E-state index in [0.717, 1.165) is 12.8 Å². The molecule has 1 amide bonds. The summed E-state index contributed by atoms with van der Waals surface area (Å²) in [6, 6.07) is 4.95. The topological polar surface area (TPSA) is 73.6 Å². The standard InChI is InChI=1S/C12H18N2O3/c1-3-4-7-17-10-6-5-9(12(15)14-13)8-11(10)16-2/h5-6,8H,3-4,7,13H2,1-2H3,(H,14,15). The normalized spacial score (nSPS) is 9.82. The number of hydrazine groups is 1. The number of unbranched alkanes of at least 4 members (excludes halogenated alkanes) is 1. The summed E-state index contributed by atoms with van der Waals surface area (Å²) in [5.74, 6) is 5.87. The number of hydrogen-bond donors (Lipinski definition) is 2. The highest BCUT2D eigenvalue weighted by Crippen LogP contribution is 2.28. The molecule has 17 heavy (non-hydrogen) atoms. The quantitative estimate of drug-likeness (QED) is 0.341. The van der Waals surface area contributed by atoms with Crippen molar-refractivity contribution in [1.29, 1.82) is 0 Å². The van der Waals surface area contributed by atoms with Crippen LogP contribution in [0.2, 0.25) is 0 Å². The largest absolute Gasteiger partial charge is 0.493 e. The molecule has 0 radical (unpaired) electrons. The van der Waals surface area contributed by atoms with Crippen molar-refractivity contribution in [3.05, 3.63) is 23.8 Å². The highest BCUT2D eigenvalue weighted by atomic mass is 16.5. The Kier molecular flexibility index (Phi) is 5.29. The molecular formula is C12H18N2O3. The van der Waals surface area contributed by atoms with Gasteiger partial charge in [-0.25, -0.2) is 5.84 Å². The predicted molar refractivity (Wildman–Crippen MR) is 65.1 cm³/mol. The van der Waals surface area contributed by atoms with Crippen LogP contribution in [0.1, 0.15) is 30.1 Å². The Morgan fingerprint density at radius 1 is 1.41 bits per heavy atom. The summed E-state index contributed by atoms with van der Waals surface area (Å²) in [5, 5.41) is 0. The Morgan fingerprint density at radius 2 is 2.18 bits per heavy atom. The van der Waals surface area contributed by atoms with E-state index in [9.17, 15) is 4.79 Å². The molecule has 0 bridgehead atoms. The van der Waals surface area contributed by atoms with Crippen LogP contribution in [0.25, 0.3) is 0 Å². The highest BCUT2D eigenvalue weighted by molar-refractivity contribution is 5.94. The van der Waals surface area contributed by atoms with Crippen molar-refractivity contribution in [2.24, 2.45) is 5.84 Å². The highest BCUT2D eigenvalue weighted by Gasteiger charge is 2.09. The molecule has 0 saturated carbocycles. The number of carbonyl (C=O) groups excluding carboxylic acids is 1. The molecule has 0 aliphatic heterocycles. The number of nitrogen functional groups attached to an aromatic ring is 1. The molecule has 1 rings (SSSR count). The number of nitrogens with two attached hydrogens (primary N) is 1. The summed E-state index contributed by atoms with van der Waals surface area (Å²) in [7, 11) is 1.53. The van der Waals surface area contributed by atoms with E-state index >= 15 is 0 Å². The molecular weight excluding hydrogens is 220 g/mol. The van der Waals surface area contributed by atoms with E-state index in [-0.39, 0.29) is 5.91 Å². The number of amides is 1. The van der Waals surface area contributed by atoms with Gasteiger partial charge in [-0.3, -0.25) is 10.2 Å². The molecule has 94 valence electrons. The molecule has 0 aromatic heterocycles. The Balaban J connectivity index is 2.81. The van der Waals surface area contributed by atoms with Crippen LogP contribution < -0.4 is 20.7 Å². The van der Waals surface area contributed by atoms with E-state index in [2.05, 4.69) is 12.3 Å². The predicted octanol–water partition coefficient (Wildman–Crippen LogP) is 1.48. The van der Waals surface area contributed by atoms with E-state index < -0.39 is 0 Å². The van der Waals surface area contributed by atoms with Gasteiger partial charge in [0, 0.05) is 5.56 Å². The van der Waals surface area contributed by atoms with Gasteiger partial charge in [-0.15, -0.1) is 0 Å².